The smallest absolute Gasteiger partial charge is 0.256 e. The van der Waals surface area contributed by atoms with Gasteiger partial charge in [0.25, 0.3) is 5.91 Å². The number of anilines is 1. The Bertz CT molecular complexity index is 826. The molecule has 2 aliphatic rings. The molecule has 0 bridgehead atoms. The van der Waals surface area contributed by atoms with Crippen molar-refractivity contribution in [2.45, 2.75) is 25.0 Å². The van der Waals surface area contributed by atoms with Gasteiger partial charge in [-0.1, -0.05) is 24.3 Å². The lowest BCUT2D eigenvalue weighted by Gasteiger charge is -2.28. The van der Waals surface area contributed by atoms with Crippen LogP contribution < -0.4 is 9.64 Å². The second-order valence-electron chi connectivity index (χ2n) is 7.12. The van der Waals surface area contributed by atoms with Gasteiger partial charge >= 0.3 is 0 Å². The summed E-state index contributed by atoms with van der Waals surface area (Å²) in [4.78, 5) is 25.3. The molecule has 0 N–H and O–H groups in total. The third-order valence-electron chi connectivity index (χ3n) is 5.02. The van der Waals surface area contributed by atoms with Crippen LogP contribution in [0.2, 0.25) is 0 Å². The molecule has 7 nitrogen and oxygen atoms in total. The van der Waals surface area contributed by atoms with Gasteiger partial charge in [-0.15, -0.1) is 0 Å². The minimum absolute atomic E-state index is 0.0152. The highest BCUT2D eigenvalue weighted by Gasteiger charge is 2.35. The zero-order valence-corrected chi connectivity index (χ0v) is 15.7. The van der Waals surface area contributed by atoms with E-state index in [1.807, 2.05) is 42.1 Å². The predicted molar refractivity (Wildman–Crippen MR) is 101 cm³/mol. The number of rotatable bonds is 4. The van der Waals surface area contributed by atoms with Crippen molar-refractivity contribution in [1.82, 2.24) is 14.9 Å². The summed E-state index contributed by atoms with van der Waals surface area (Å²) in [6, 6.07) is 8.03. The van der Waals surface area contributed by atoms with E-state index in [1.54, 1.807) is 12.4 Å². The molecule has 0 radical (unpaired) electrons. The first-order valence-electron chi connectivity index (χ1n) is 9.26. The molecule has 1 aromatic carbocycles. The van der Waals surface area contributed by atoms with Gasteiger partial charge in [0.2, 0.25) is 5.88 Å². The molecule has 0 saturated carbocycles. The highest BCUT2D eigenvalue weighted by atomic mass is 16.5. The molecular weight excluding hydrogens is 344 g/mol. The highest BCUT2D eigenvalue weighted by molar-refractivity contribution is 5.83. The summed E-state index contributed by atoms with van der Waals surface area (Å²) in [6.07, 6.45) is 4.33. The van der Waals surface area contributed by atoms with Crippen molar-refractivity contribution >= 4 is 11.7 Å². The fourth-order valence-corrected chi connectivity index (χ4v) is 3.57. The molecule has 2 aromatic rings. The van der Waals surface area contributed by atoms with Crippen LogP contribution in [0.25, 0.3) is 0 Å². The Morgan fingerprint density at radius 1 is 1.30 bits per heavy atom. The maximum atomic E-state index is 13.0. The molecule has 0 aliphatic carbocycles. The first-order valence-corrected chi connectivity index (χ1v) is 9.26. The fourth-order valence-electron chi connectivity index (χ4n) is 3.57. The van der Waals surface area contributed by atoms with Gasteiger partial charge in [0.1, 0.15) is 6.10 Å². The zero-order valence-electron chi connectivity index (χ0n) is 15.7. The maximum absolute atomic E-state index is 13.0. The van der Waals surface area contributed by atoms with Crippen molar-refractivity contribution in [3.63, 3.8) is 0 Å². The summed E-state index contributed by atoms with van der Waals surface area (Å²) in [7, 11) is 3.82. The first-order chi connectivity index (χ1) is 13.1. The Balaban J connectivity index is 1.41. The van der Waals surface area contributed by atoms with E-state index in [9.17, 15) is 4.79 Å². The summed E-state index contributed by atoms with van der Waals surface area (Å²) < 4.78 is 11.8. The Labute approximate surface area is 158 Å². The van der Waals surface area contributed by atoms with Crippen LogP contribution in [0.4, 0.5) is 5.82 Å². The molecule has 2 atom stereocenters. The van der Waals surface area contributed by atoms with Crippen LogP contribution in [-0.2, 0) is 16.0 Å². The summed E-state index contributed by atoms with van der Waals surface area (Å²) in [6.45, 7) is 1.77. The predicted octanol–water partition coefficient (Wildman–Crippen LogP) is 1.84. The zero-order chi connectivity index (χ0) is 18.8. The van der Waals surface area contributed by atoms with E-state index in [4.69, 9.17) is 9.47 Å². The van der Waals surface area contributed by atoms with Crippen LogP contribution in [0.3, 0.4) is 0 Å². The van der Waals surface area contributed by atoms with Gasteiger partial charge in [0.15, 0.2) is 11.9 Å². The van der Waals surface area contributed by atoms with Crippen molar-refractivity contribution in [2.75, 3.05) is 38.7 Å². The number of hydrogen-bond donors (Lipinski definition) is 0. The number of ether oxygens (including phenoxy) is 2. The molecule has 1 amide bonds. The normalized spacial score (nSPS) is 21.6. The fraction of sp³-hybridized carbons (Fsp3) is 0.450. The van der Waals surface area contributed by atoms with Crippen LogP contribution in [0.5, 0.6) is 5.88 Å². The summed E-state index contributed by atoms with van der Waals surface area (Å²) in [5.74, 6) is 1.24. The minimum Gasteiger partial charge on any atom is -0.471 e. The molecule has 1 saturated heterocycles. The van der Waals surface area contributed by atoms with E-state index in [0.717, 1.165) is 24.2 Å². The highest BCUT2D eigenvalue weighted by Crippen LogP contribution is 2.30. The van der Waals surface area contributed by atoms with Crippen LogP contribution in [0, 0.1) is 0 Å². The van der Waals surface area contributed by atoms with Crippen LogP contribution >= 0.6 is 0 Å². The van der Waals surface area contributed by atoms with Crippen molar-refractivity contribution < 1.29 is 14.3 Å². The number of fused-ring (bicyclic) bond motifs is 1. The molecule has 1 aromatic heterocycles. The van der Waals surface area contributed by atoms with Gasteiger partial charge in [0, 0.05) is 27.1 Å². The summed E-state index contributed by atoms with van der Waals surface area (Å²) in [5, 5.41) is 0. The second-order valence-corrected chi connectivity index (χ2v) is 7.12. The molecule has 2 unspecified atom stereocenters. The van der Waals surface area contributed by atoms with Gasteiger partial charge in [-0.3, -0.25) is 9.78 Å². The molecule has 142 valence electrons. The van der Waals surface area contributed by atoms with Crippen molar-refractivity contribution in [1.29, 1.82) is 0 Å². The van der Waals surface area contributed by atoms with E-state index in [-0.39, 0.29) is 12.0 Å². The van der Waals surface area contributed by atoms with Crippen LogP contribution in [-0.4, -0.2) is 60.7 Å². The molecule has 0 spiro atoms. The summed E-state index contributed by atoms with van der Waals surface area (Å²) in [5.41, 5.74) is 2.19. The van der Waals surface area contributed by atoms with E-state index in [1.165, 1.54) is 5.56 Å². The van der Waals surface area contributed by atoms with Crippen LogP contribution in [0.1, 0.15) is 23.7 Å². The molecule has 2 aliphatic heterocycles. The number of likely N-dealkylation sites (tertiary alicyclic amines) is 1. The lowest BCUT2D eigenvalue weighted by Crippen LogP contribution is -2.37. The second kappa shape index (κ2) is 7.52. The third kappa shape index (κ3) is 3.73. The number of aromatic nitrogens is 2. The molecular formula is C20H24N4O3. The number of carbonyl (C=O) groups excluding carboxylic acids is 1. The number of amides is 1. The average Bonchev–Trinajstić information content (AvgIpc) is 3.15. The van der Waals surface area contributed by atoms with E-state index in [0.29, 0.717) is 25.6 Å². The van der Waals surface area contributed by atoms with Gasteiger partial charge in [-0.25, -0.2) is 0 Å². The van der Waals surface area contributed by atoms with Gasteiger partial charge in [-0.2, -0.15) is 4.98 Å². The number of nitrogens with zero attached hydrogens (tertiary/aromatic N) is 4. The Morgan fingerprint density at radius 3 is 3.00 bits per heavy atom. The van der Waals surface area contributed by atoms with Gasteiger partial charge < -0.3 is 19.3 Å². The standard InChI is InChI=1S/C20H24N4O3/c1-23(2)17-11-21-12-18(22-17)27-15-7-9-24(13-15)20(25)19-16-6-4-3-5-14(16)8-10-26-19/h3-6,11-12,15,19H,7-10,13H2,1-2H3. The topological polar surface area (TPSA) is 67.8 Å². The van der Waals surface area contributed by atoms with Crippen molar-refractivity contribution in [2.24, 2.45) is 0 Å². The van der Waals surface area contributed by atoms with E-state index in [2.05, 4.69) is 16.0 Å². The Kier molecular flexibility index (Phi) is 4.94. The quantitative estimate of drug-likeness (QED) is 0.820. The van der Waals surface area contributed by atoms with Crippen LogP contribution in [0.15, 0.2) is 36.7 Å². The van der Waals surface area contributed by atoms with E-state index >= 15 is 0 Å². The minimum atomic E-state index is -0.509. The van der Waals surface area contributed by atoms with E-state index < -0.39 is 6.10 Å². The van der Waals surface area contributed by atoms with Crippen molar-refractivity contribution in [3.8, 4) is 5.88 Å². The molecule has 4 rings (SSSR count). The summed E-state index contributed by atoms with van der Waals surface area (Å²) >= 11 is 0. The van der Waals surface area contributed by atoms with Gasteiger partial charge in [0.05, 0.1) is 25.5 Å². The number of carbonyl (C=O) groups is 1. The van der Waals surface area contributed by atoms with Gasteiger partial charge in [-0.05, 0) is 17.5 Å². The largest absolute Gasteiger partial charge is 0.471 e. The first kappa shape index (κ1) is 17.7. The Morgan fingerprint density at radius 2 is 2.15 bits per heavy atom. The number of hydrogen-bond acceptors (Lipinski definition) is 6. The molecule has 7 heteroatoms. The molecule has 27 heavy (non-hydrogen) atoms. The lowest BCUT2D eigenvalue weighted by atomic mass is 9.97. The number of benzene rings is 1. The monoisotopic (exact) mass is 368 g/mol. The Hall–Kier alpha value is -2.67. The third-order valence-corrected chi connectivity index (χ3v) is 5.02. The molecule has 3 heterocycles. The average molecular weight is 368 g/mol. The maximum Gasteiger partial charge on any atom is 0.256 e. The van der Waals surface area contributed by atoms with Crippen molar-refractivity contribution in [3.05, 3.63) is 47.8 Å². The SMILES string of the molecule is CN(C)c1cncc(OC2CCN(C(=O)C3OCCc4ccccc43)C2)n1. The molecule has 1 fully saturated rings. The lowest BCUT2D eigenvalue weighted by molar-refractivity contribution is -0.144.